The van der Waals surface area contributed by atoms with Crippen molar-refractivity contribution in [2.24, 2.45) is 12.8 Å². The molecule has 0 saturated heterocycles. The summed E-state index contributed by atoms with van der Waals surface area (Å²) in [7, 11) is 2.00. The van der Waals surface area contributed by atoms with Crippen molar-refractivity contribution in [3.05, 3.63) is 53.3 Å². The highest BCUT2D eigenvalue weighted by molar-refractivity contribution is 5.22. The van der Waals surface area contributed by atoms with Crippen LogP contribution in [0.1, 0.15) is 43.1 Å². The van der Waals surface area contributed by atoms with Crippen LogP contribution in [0.15, 0.2) is 36.4 Å². The van der Waals surface area contributed by atoms with Crippen LogP contribution < -0.4 is 5.73 Å². The lowest BCUT2D eigenvalue weighted by atomic mass is 9.87. The molecule has 2 rings (SSSR count). The van der Waals surface area contributed by atoms with Crippen LogP contribution in [-0.4, -0.2) is 15.8 Å². The van der Waals surface area contributed by atoms with Crippen molar-refractivity contribution in [2.75, 3.05) is 0 Å². The predicted octanol–water partition coefficient (Wildman–Crippen LogP) is 3.05. The summed E-state index contributed by atoms with van der Waals surface area (Å²) in [5.74, 6) is 0.399. The molecule has 2 unspecified atom stereocenters. The van der Waals surface area contributed by atoms with Crippen molar-refractivity contribution in [3.8, 4) is 0 Å². The van der Waals surface area contributed by atoms with Crippen molar-refractivity contribution >= 4 is 0 Å². The van der Waals surface area contributed by atoms with Gasteiger partial charge in [0.2, 0.25) is 0 Å². The van der Waals surface area contributed by atoms with E-state index >= 15 is 0 Å². The highest BCUT2D eigenvalue weighted by atomic mass is 15.3. The van der Waals surface area contributed by atoms with Crippen LogP contribution in [0.25, 0.3) is 0 Å². The van der Waals surface area contributed by atoms with E-state index in [1.54, 1.807) is 0 Å². The Kier molecular flexibility index (Phi) is 4.96. The number of benzene rings is 1. The summed E-state index contributed by atoms with van der Waals surface area (Å²) in [6.45, 7) is 4.34. The first kappa shape index (κ1) is 14.8. The second-order valence-electron chi connectivity index (χ2n) is 5.40. The molecule has 0 spiro atoms. The summed E-state index contributed by atoms with van der Waals surface area (Å²) < 4.78 is 1.97. The molecule has 2 atom stereocenters. The Balaban J connectivity index is 2.13. The Morgan fingerprint density at radius 2 is 1.90 bits per heavy atom. The lowest BCUT2D eigenvalue weighted by Gasteiger charge is -2.23. The van der Waals surface area contributed by atoms with E-state index in [0.29, 0.717) is 5.92 Å². The second kappa shape index (κ2) is 6.71. The van der Waals surface area contributed by atoms with Crippen LogP contribution in [0.2, 0.25) is 0 Å². The van der Waals surface area contributed by atoms with Gasteiger partial charge in [0.1, 0.15) is 0 Å². The maximum Gasteiger partial charge on any atom is 0.0624 e. The Morgan fingerprint density at radius 1 is 1.20 bits per heavy atom. The number of hydrogen-bond acceptors (Lipinski definition) is 2. The standard InChI is InChI=1S/C17H25N3/c1-4-14-11-15(20(3)19-14)12-17(18)16(5-2)13-9-7-6-8-10-13/h6-11,16-17H,4-5,12,18H2,1-3H3. The van der Waals surface area contributed by atoms with Gasteiger partial charge in [-0.25, -0.2) is 0 Å². The molecule has 108 valence electrons. The molecule has 0 amide bonds. The third kappa shape index (κ3) is 3.28. The molecule has 1 aromatic carbocycles. The van der Waals surface area contributed by atoms with Crippen LogP contribution >= 0.6 is 0 Å². The van der Waals surface area contributed by atoms with Gasteiger partial charge >= 0.3 is 0 Å². The molecule has 20 heavy (non-hydrogen) atoms. The molecule has 0 aliphatic rings. The quantitative estimate of drug-likeness (QED) is 0.877. The maximum absolute atomic E-state index is 6.47. The van der Waals surface area contributed by atoms with Crippen molar-refractivity contribution in [2.45, 2.75) is 45.1 Å². The van der Waals surface area contributed by atoms with E-state index < -0.39 is 0 Å². The monoisotopic (exact) mass is 271 g/mol. The Labute approximate surface area is 121 Å². The highest BCUT2D eigenvalue weighted by Gasteiger charge is 2.19. The van der Waals surface area contributed by atoms with Gasteiger partial charge in [0.15, 0.2) is 0 Å². The molecule has 3 nitrogen and oxygen atoms in total. The fraction of sp³-hybridized carbons (Fsp3) is 0.471. The van der Waals surface area contributed by atoms with Gasteiger partial charge in [0, 0.05) is 25.2 Å². The molecule has 2 N–H and O–H groups in total. The number of rotatable bonds is 6. The Hall–Kier alpha value is -1.61. The largest absolute Gasteiger partial charge is 0.327 e. The molecule has 0 aliphatic carbocycles. The molecule has 0 radical (unpaired) electrons. The molecule has 0 fully saturated rings. The summed E-state index contributed by atoms with van der Waals surface area (Å²) >= 11 is 0. The highest BCUT2D eigenvalue weighted by Crippen LogP contribution is 2.24. The smallest absolute Gasteiger partial charge is 0.0624 e. The average Bonchev–Trinajstić information content (AvgIpc) is 2.81. The maximum atomic E-state index is 6.47. The molecular formula is C17H25N3. The minimum atomic E-state index is 0.127. The SMILES string of the molecule is CCc1cc(CC(N)C(CC)c2ccccc2)n(C)n1. The van der Waals surface area contributed by atoms with Crippen molar-refractivity contribution in [1.82, 2.24) is 9.78 Å². The van der Waals surface area contributed by atoms with Crippen LogP contribution in [-0.2, 0) is 19.9 Å². The van der Waals surface area contributed by atoms with Crippen molar-refractivity contribution in [1.29, 1.82) is 0 Å². The zero-order valence-electron chi connectivity index (χ0n) is 12.7. The van der Waals surface area contributed by atoms with E-state index in [9.17, 15) is 0 Å². The van der Waals surface area contributed by atoms with Gasteiger partial charge < -0.3 is 5.73 Å². The van der Waals surface area contributed by atoms with Gasteiger partial charge in [0.05, 0.1) is 5.69 Å². The molecule has 0 bridgehead atoms. The molecule has 3 heteroatoms. The summed E-state index contributed by atoms with van der Waals surface area (Å²) in [4.78, 5) is 0. The van der Waals surface area contributed by atoms with E-state index in [1.165, 1.54) is 11.3 Å². The summed E-state index contributed by atoms with van der Waals surface area (Å²) in [5.41, 5.74) is 10.2. The van der Waals surface area contributed by atoms with E-state index in [1.807, 2.05) is 11.7 Å². The molecule has 1 aromatic heterocycles. The Morgan fingerprint density at radius 3 is 2.45 bits per heavy atom. The zero-order chi connectivity index (χ0) is 14.5. The normalized spacial score (nSPS) is 14.2. The summed E-state index contributed by atoms with van der Waals surface area (Å²) in [6, 6.07) is 12.9. The zero-order valence-corrected chi connectivity index (χ0v) is 12.7. The van der Waals surface area contributed by atoms with Gasteiger partial charge in [-0.1, -0.05) is 44.2 Å². The number of aromatic nitrogens is 2. The minimum Gasteiger partial charge on any atom is -0.327 e. The molecular weight excluding hydrogens is 246 g/mol. The lowest BCUT2D eigenvalue weighted by molar-refractivity contribution is 0.500. The first-order valence-corrected chi connectivity index (χ1v) is 7.48. The van der Waals surface area contributed by atoms with Crippen LogP contribution in [0.5, 0.6) is 0 Å². The van der Waals surface area contributed by atoms with E-state index in [-0.39, 0.29) is 6.04 Å². The fourth-order valence-corrected chi connectivity index (χ4v) is 2.80. The van der Waals surface area contributed by atoms with Gasteiger partial charge in [-0.2, -0.15) is 5.10 Å². The third-order valence-electron chi connectivity index (χ3n) is 4.02. The number of nitrogens with two attached hydrogens (primary N) is 1. The van der Waals surface area contributed by atoms with E-state index in [0.717, 1.165) is 25.0 Å². The minimum absolute atomic E-state index is 0.127. The topological polar surface area (TPSA) is 43.8 Å². The van der Waals surface area contributed by atoms with E-state index in [4.69, 9.17) is 5.73 Å². The summed E-state index contributed by atoms with van der Waals surface area (Å²) in [5, 5.41) is 4.50. The van der Waals surface area contributed by atoms with E-state index in [2.05, 4.69) is 55.3 Å². The number of nitrogens with zero attached hydrogens (tertiary/aromatic N) is 2. The summed E-state index contributed by atoms with van der Waals surface area (Å²) in [6.07, 6.45) is 2.90. The molecule has 0 saturated carbocycles. The van der Waals surface area contributed by atoms with Crippen LogP contribution in [0.3, 0.4) is 0 Å². The number of aryl methyl sites for hydroxylation is 2. The van der Waals surface area contributed by atoms with Gasteiger partial charge in [-0.05, 0) is 30.4 Å². The van der Waals surface area contributed by atoms with Gasteiger partial charge in [-0.3, -0.25) is 4.68 Å². The Bertz CT molecular complexity index is 530. The first-order chi connectivity index (χ1) is 9.65. The molecule has 2 aromatic rings. The molecule has 0 aliphatic heterocycles. The van der Waals surface area contributed by atoms with Crippen molar-refractivity contribution in [3.63, 3.8) is 0 Å². The fourth-order valence-electron chi connectivity index (χ4n) is 2.80. The van der Waals surface area contributed by atoms with Crippen molar-refractivity contribution < 1.29 is 0 Å². The first-order valence-electron chi connectivity index (χ1n) is 7.48. The predicted molar refractivity (Wildman–Crippen MR) is 83.7 cm³/mol. The third-order valence-corrected chi connectivity index (χ3v) is 4.02. The number of hydrogen-bond donors (Lipinski definition) is 1. The lowest BCUT2D eigenvalue weighted by Crippen LogP contribution is -2.31. The van der Waals surface area contributed by atoms with Gasteiger partial charge in [-0.15, -0.1) is 0 Å². The average molecular weight is 271 g/mol. The van der Waals surface area contributed by atoms with Crippen LogP contribution in [0, 0.1) is 0 Å². The van der Waals surface area contributed by atoms with Gasteiger partial charge in [0.25, 0.3) is 0 Å². The van der Waals surface area contributed by atoms with Crippen LogP contribution in [0.4, 0.5) is 0 Å². The molecule has 1 heterocycles. The second-order valence-corrected chi connectivity index (χ2v) is 5.40.